The van der Waals surface area contributed by atoms with Crippen LogP contribution in [0.25, 0.3) is 0 Å². The molecule has 1 N–H and O–H groups in total. The molecule has 0 spiro atoms. The van der Waals surface area contributed by atoms with Crippen LogP contribution in [-0.2, 0) is 0 Å². The quantitative estimate of drug-likeness (QED) is 0.636. The maximum absolute atomic E-state index is 3.48. The Labute approximate surface area is 80.7 Å². The third-order valence-corrected chi connectivity index (χ3v) is 2.31. The second-order valence-corrected chi connectivity index (χ2v) is 3.65. The van der Waals surface area contributed by atoms with E-state index in [1.165, 1.54) is 6.42 Å². The molecule has 0 aliphatic rings. The van der Waals surface area contributed by atoms with Crippen molar-refractivity contribution < 1.29 is 0 Å². The van der Waals surface area contributed by atoms with Crippen LogP contribution in [0.2, 0.25) is 0 Å². The van der Waals surface area contributed by atoms with Crippen LogP contribution in [-0.4, -0.2) is 24.6 Å². The first-order valence-corrected chi connectivity index (χ1v) is 5.86. The Hall–Kier alpha value is -0.130. The van der Waals surface area contributed by atoms with Crippen LogP contribution in [0.1, 0.15) is 26.7 Å². The van der Waals surface area contributed by atoms with Gasteiger partial charge < -0.3 is 5.32 Å². The summed E-state index contributed by atoms with van der Waals surface area (Å²) < 4.78 is 0. The van der Waals surface area contributed by atoms with E-state index in [2.05, 4.69) is 30.3 Å². The van der Waals surface area contributed by atoms with E-state index in [1.54, 1.807) is 0 Å². The van der Waals surface area contributed by atoms with Crippen molar-refractivity contribution in [2.24, 2.45) is 0 Å². The molecule has 0 fully saturated rings. The molecule has 1 atom stereocenters. The van der Waals surface area contributed by atoms with Gasteiger partial charge in [-0.15, -0.1) is 11.8 Å². The zero-order chi connectivity index (χ0) is 9.23. The third kappa shape index (κ3) is 6.57. The smallest absolute Gasteiger partial charge is 0.0267 e. The lowest BCUT2D eigenvalue weighted by Crippen LogP contribution is -2.31. The Morgan fingerprint density at radius 2 is 2.25 bits per heavy atom. The monoisotopic (exact) mass is 185 g/mol. The standard InChI is InChI=1S/C10H19NS/c1-4-6-7-10(9-12-3)11-8-5-2/h10-11H,5,7-9H2,1-3H3. The summed E-state index contributed by atoms with van der Waals surface area (Å²) in [6.45, 7) is 5.20. The largest absolute Gasteiger partial charge is 0.312 e. The number of thioether (sulfide) groups is 1. The SMILES string of the molecule is CC#CCC(CSC)NCCC. The van der Waals surface area contributed by atoms with Gasteiger partial charge in [-0.25, -0.2) is 0 Å². The Morgan fingerprint density at radius 1 is 1.50 bits per heavy atom. The molecule has 0 amide bonds. The zero-order valence-corrected chi connectivity index (χ0v) is 9.13. The van der Waals surface area contributed by atoms with Gasteiger partial charge in [0, 0.05) is 18.2 Å². The molecule has 0 saturated carbocycles. The summed E-state index contributed by atoms with van der Waals surface area (Å²) in [6.07, 6.45) is 4.32. The molecule has 0 rings (SSSR count). The minimum absolute atomic E-state index is 0.576. The van der Waals surface area contributed by atoms with Gasteiger partial charge in [0.15, 0.2) is 0 Å². The molecule has 0 bridgehead atoms. The fourth-order valence-electron chi connectivity index (χ4n) is 0.965. The van der Waals surface area contributed by atoms with E-state index < -0.39 is 0 Å². The van der Waals surface area contributed by atoms with Gasteiger partial charge >= 0.3 is 0 Å². The van der Waals surface area contributed by atoms with Crippen LogP contribution in [0.3, 0.4) is 0 Å². The molecule has 2 heteroatoms. The molecular formula is C10H19NS. The summed E-state index contributed by atoms with van der Waals surface area (Å²) in [5.41, 5.74) is 0. The molecule has 1 unspecified atom stereocenters. The fourth-order valence-corrected chi connectivity index (χ4v) is 1.60. The maximum Gasteiger partial charge on any atom is 0.0267 e. The van der Waals surface area contributed by atoms with Crippen LogP contribution in [0.15, 0.2) is 0 Å². The van der Waals surface area contributed by atoms with Crippen molar-refractivity contribution in [2.75, 3.05) is 18.6 Å². The highest BCUT2D eigenvalue weighted by Crippen LogP contribution is 2.00. The van der Waals surface area contributed by atoms with Crippen molar-refractivity contribution in [1.82, 2.24) is 5.32 Å². The van der Waals surface area contributed by atoms with Crippen LogP contribution in [0, 0.1) is 11.8 Å². The van der Waals surface area contributed by atoms with E-state index in [9.17, 15) is 0 Å². The zero-order valence-electron chi connectivity index (χ0n) is 8.31. The summed E-state index contributed by atoms with van der Waals surface area (Å²) in [5.74, 6) is 7.21. The van der Waals surface area contributed by atoms with Gasteiger partial charge in [-0.2, -0.15) is 11.8 Å². The van der Waals surface area contributed by atoms with E-state index in [4.69, 9.17) is 0 Å². The number of hydrogen-bond donors (Lipinski definition) is 1. The number of nitrogens with one attached hydrogen (secondary N) is 1. The molecule has 0 radical (unpaired) electrons. The molecule has 12 heavy (non-hydrogen) atoms. The Kier molecular flexibility index (Phi) is 8.86. The van der Waals surface area contributed by atoms with Crippen LogP contribution in [0.5, 0.6) is 0 Å². The second-order valence-electron chi connectivity index (χ2n) is 2.74. The number of rotatable bonds is 6. The second kappa shape index (κ2) is 8.96. The molecule has 0 aromatic heterocycles. The summed E-state index contributed by atoms with van der Waals surface area (Å²) in [5, 5.41) is 3.48. The fraction of sp³-hybridized carbons (Fsp3) is 0.800. The maximum atomic E-state index is 3.48. The summed E-state index contributed by atoms with van der Waals surface area (Å²) in [6, 6.07) is 0.576. The predicted octanol–water partition coefficient (Wildman–Crippen LogP) is 2.13. The van der Waals surface area contributed by atoms with E-state index in [0.717, 1.165) is 18.7 Å². The Balaban J connectivity index is 3.58. The van der Waals surface area contributed by atoms with Crippen LogP contribution >= 0.6 is 11.8 Å². The number of hydrogen-bond acceptors (Lipinski definition) is 2. The van der Waals surface area contributed by atoms with Gasteiger partial charge in [0.25, 0.3) is 0 Å². The predicted molar refractivity (Wildman–Crippen MR) is 58.5 cm³/mol. The Bertz CT molecular complexity index is 146. The minimum Gasteiger partial charge on any atom is -0.312 e. The molecule has 0 saturated heterocycles. The summed E-state index contributed by atoms with van der Waals surface area (Å²) >= 11 is 1.88. The average molecular weight is 185 g/mol. The van der Waals surface area contributed by atoms with E-state index in [-0.39, 0.29) is 0 Å². The highest BCUT2D eigenvalue weighted by atomic mass is 32.2. The molecular weight excluding hydrogens is 166 g/mol. The highest BCUT2D eigenvalue weighted by molar-refractivity contribution is 7.98. The lowest BCUT2D eigenvalue weighted by Gasteiger charge is -2.13. The van der Waals surface area contributed by atoms with Gasteiger partial charge in [0.05, 0.1) is 0 Å². The van der Waals surface area contributed by atoms with Gasteiger partial charge in [0.2, 0.25) is 0 Å². The molecule has 1 nitrogen and oxygen atoms in total. The van der Waals surface area contributed by atoms with Gasteiger partial charge in [0.1, 0.15) is 0 Å². The van der Waals surface area contributed by atoms with Crippen molar-refractivity contribution in [3.8, 4) is 11.8 Å². The summed E-state index contributed by atoms with van der Waals surface area (Å²) in [4.78, 5) is 0. The molecule has 0 aromatic carbocycles. The highest BCUT2D eigenvalue weighted by Gasteiger charge is 2.03. The lowest BCUT2D eigenvalue weighted by atomic mass is 10.2. The third-order valence-electron chi connectivity index (χ3n) is 1.58. The van der Waals surface area contributed by atoms with Crippen molar-refractivity contribution in [3.05, 3.63) is 0 Å². The van der Waals surface area contributed by atoms with Crippen LogP contribution in [0.4, 0.5) is 0 Å². The average Bonchev–Trinajstić information content (AvgIpc) is 2.10. The normalized spacial score (nSPS) is 11.9. The first-order chi connectivity index (χ1) is 5.85. The van der Waals surface area contributed by atoms with Crippen molar-refractivity contribution in [2.45, 2.75) is 32.7 Å². The van der Waals surface area contributed by atoms with Crippen molar-refractivity contribution in [1.29, 1.82) is 0 Å². The first-order valence-electron chi connectivity index (χ1n) is 4.47. The van der Waals surface area contributed by atoms with Crippen molar-refractivity contribution >= 4 is 11.8 Å². The molecule has 70 valence electrons. The van der Waals surface area contributed by atoms with Gasteiger partial charge in [-0.05, 0) is 26.1 Å². The Morgan fingerprint density at radius 3 is 2.75 bits per heavy atom. The van der Waals surface area contributed by atoms with Gasteiger partial charge in [-0.1, -0.05) is 6.92 Å². The topological polar surface area (TPSA) is 12.0 Å². The molecule has 0 aromatic rings. The van der Waals surface area contributed by atoms with E-state index in [0.29, 0.717) is 6.04 Å². The first kappa shape index (κ1) is 11.9. The van der Waals surface area contributed by atoms with Gasteiger partial charge in [-0.3, -0.25) is 0 Å². The lowest BCUT2D eigenvalue weighted by molar-refractivity contribution is 0.563. The van der Waals surface area contributed by atoms with E-state index in [1.807, 2.05) is 18.7 Å². The van der Waals surface area contributed by atoms with Crippen LogP contribution < -0.4 is 5.32 Å². The molecule has 0 aliphatic carbocycles. The van der Waals surface area contributed by atoms with Crippen molar-refractivity contribution in [3.63, 3.8) is 0 Å². The molecule has 0 aliphatic heterocycles. The minimum atomic E-state index is 0.576. The summed E-state index contributed by atoms with van der Waals surface area (Å²) in [7, 11) is 0. The molecule has 0 heterocycles. The van der Waals surface area contributed by atoms with E-state index >= 15 is 0 Å².